The summed E-state index contributed by atoms with van der Waals surface area (Å²) in [6, 6.07) is 12.2. The third kappa shape index (κ3) is 3.47. The van der Waals surface area contributed by atoms with Crippen LogP contribution in [0.2, 0.25) is 5.02 Å². The Morgan fingerprint density at radius 1 is 1.25 bits per heavy atom. The first-order valence-electron chi connectivity index (χ1n) is 6.02. The Balaban J connectivity index is 2.49. The lowest BCUT2D eigenvalue weighted by Crippen LogP contribution is -2.18. The molecule has 1 unspecified atom stereocenters. The van der Waals surface area contributed by atoms with Gasteiger partial charge >= 0.3 is 0 Å². The van der Waals surface area contributed by atoms with Crippen molar-refractivity contribution in [1.82, 2.24) is 5.32 Å². The average molecular weight is 467 g/mol. The van der Waals surface area contributed by atoms with E-state index in [-0.39, 0.29) is 6.04 Å². The van der Waals surface area contributed by atoms with Gasteiger partial charge in [-0.2, -0.15) is 0 Å². The van der Waals surface area contributed by atoms with Gasteiger partial charge in [0.05, 0.1) is 18.2 Å². The summed E-state index contributed by atoms with van der Waals surface area (Å²) < 4.78 is 7.57. The van der Waals surface area contributed by atoms with Crippen molar-refractivity contribution in [2.24, 2.45) is 0 Å². The fourth-order valence-electron chi connectivity index (χ4n) is 2.09. The minimum absolute atomic E-state index is 0.0885. The van der Waals surface area contributed by atoms with Gasteiger partial charge in [-0.3, -0.25) is 0 Å². The van der Waals surface area contributed by atoms with Gasteiger partial charge < -0.3 is 10.1 Å². The van der Waals surface area contributed by atoms with Crippen LogP contribution in [0.1, 0.15) is 17.2 Å². The van der Waals surface area contributed by atoms with E-state index in [1.165, 1.54) is 9.13 Å². The molecule has 0 saturated heterocycles. The standard InChI is InChI=1S/C15H14BrClINO/c1-19-15(11-8-10(16)4-6-13(11)18)9-3-5-12(17)14(7-9)20-2/h3-8,15,19H,1-2H3. The van der Waals surface area contributed by atoms with E-state index < -0.39 is 0 Å². The van der Waals surface area contributed by atoms with Gasteiger partial charge in [0.1, 0.15) is 5.75 Å². The zero-order chi connectivity index (χ0) is 14.7. The molecule has 0 heterocycles. The molecule has 1 N–H and O–H groups in total. The zero-order valence-corrected chi connectivity index (χ0v) is 15.6. The molecule has 0 aliphatic rings. The normalized spacial score (nSPS) is 12.2. The first-order chi connectivity index (χ1) is 9.56. The van der Waals surface area contributed by atoms with Crippen LogP contribution in [-0.2, 0) is 0 Å². The molecule has 2 rings (SSSR count). The van der Waals surface area contributed by atoms with Gasteiger partial charge in [0.15, 0.2) is 0 Å². The van der Waals surface area contributed by atoms with E-state index in [1.807, 2.05) is 31.3 Å². The number of ether oxygens (including phenoxy) is 1. The molecule has 0 spiro atoms. The van der Waals surface area contributed by atoms with Gasteiger partial charge in [0, 0.05) is 8.04 Å². The molecule has 2 aromatic rings. The number of hydrogen-bond acceptors (Lipinski definition) is 2. The maximum atomic E-state index is 6.09. The molecule has 0 aliphatic heterocycles. The topological polar surface area (TPSA) is 21.3 Å². The summed E-state index contributed by atoms with van der Waals surface area (Å²) in [5.74, 6) is 0.689. The molecule has 20 heavy (non-hydrogen) atoms. The first-order valence-corrected chi connectivity index (χ1v) is 8.27. The molecule has 0 amide bonds. The summed E-state index contributed by atoms with van der Waals surface area (Å²) in [5.41, 5.74) is 2.33. The molecule has 0 fully saturated rings. The maximum Gasteiger partial charge on any atom is 0.137 e. The lowest BCUT2D eigenvalue weighted by molar-refractivity contribution is 0.414. The molecule has 0 saturated carbocycles. The van der Waals surface area contributed by atoms with E-state index in [9.17, 15) is 0 Å². The van der Waals surface area contributed by atoms with Gasteiger partial charge in [-0.1, -0.05) is 33.6 Å². The van der Waals surface area contributed by atoms with Gasteiger partial charge in [0.2, 0.25) is 0 Å². The second-order valence-electron chi connectivity index (χ2n) is 4.28. The summed E-state index contributed by atoms with van der Waals surface area (Å²) >= 11 is 12.0. The number of methoxy groups -OCH3 is 1. The predicted octanol–water partition coefficient (Wildman–Crippen LogP) is 5.02. The Morgan fingerprint density at radius 3 is 2.65 bits per heavy atom. The average Bonchev–Trinajstić information content (AvgIpc) is 2.45. The third-order valence-electron chi connectivity index (χ3n) is 3.07. The van der Waals surface area contributed by atoms with Crippen molar-refractivity contribution in [3.63, 3.8) is 0 Å². The second kappa shape index (κ2) is 7.11. The molecule has 2 aromatic carbocycles. The number of nitrogens with one attached hydrogen (secondary N) is 1. The second-order valence-corrected chi connectivity index (χ2v) is 6.77. The van der Waals surface area contributed by atoms with Gasteiger partial charge in [-0.05, 0) is 71.1 Å². The van der Waals surface area contributed by atoms with Crippen LogP contribution >= 0.6 is 50.1 Å². The quantitative estimate of drug-likeness (QED) is 0.639. The summed E-state index contributed by atoms with van der Waals surface area (Å²) in [4.78, 5) is 0. The van der Waals surface area contributed by atoms with Gasteiger partial charge in [-0.15, -0.1) is 0 Å². The molecular formula is C15H14BrClINO. The lowest BCUT2D eigenvalue weighted by atomic mass is 9.99. The molecule has 106 valence electrons. The monoisotopic (exact) mass is 465 g/mol. The van der Waals surface area contributed by atoms with Crippen LogP contribution in [0.15, 0.2) is 40.9 Å². The third-order valence-corrected chi connectivity index (χ3v) is 4.85. The minimum atomic E-state index is 0.0885. The Hall–Kier alpha value is -0.300. The smallest absolute Gasteiger partial charge is 0.137 e. The Kier molecular flexibility index (Phi) is 5.72. The van der Waals surface area contributed by atoms with Crippen LogP contribution in [0.4, 0.5) is 0 Å². The lowest BCUT2D eigenvalue weighted by Gasteiger charge is -2.20. The highest BCUT2D eigenvalue weighted by Gasteiger charge is 2.17. The van der Waals surface area contributed by atoms with Crippen LogP contribution in [0.3, 0.4) is 0 Å². The van der Waals surface area contributed by atoms with Crippen LogP contribution in [0, 0.1) is 3.57 Å². The maximum absolute atomic E-state index is 6.09. The highest BCUT2D eigenvalue weighted by atomic mass is 127. The first kappa shape index (κ1) is 16.1. The van der Waals surface area contributed by atoms with E-state index in [2.05, 4.69) is 56.0 Å². The van der Waals surface area contributed by atoms with E-state index >= 15 is 0 Å². The van der Waals surface area contributed by atoms with Crippen molar-refractivity contribution >= 4 is 50.1 Å². The molecule has 5 heteroatoms. The molecule has 0 bridgehead atoms. The molecule has 0 aromatic heterocycles. The number of hydrogen-bond donors (Lipinski definition) is 1. The van der Waals surface area contributed by atoms with E-state index in [0.717, 1.165) is 10.0 Å². The summed E-state index contributed by atoms with van der Waals surface area (Å²) in [6.45, 7) is 0. The van der Waals surface area contributed by atoms with Gasteiger partial charge in [0.25, 0.3) is 0 Å². The van der Waals surface area contributed by atoms with E-state index in [4.69, 9.17) is 16.3 Å². The van der Waals surface area contributed by atoms with E-state index in [1.54, 1.807) is 7.11 Å². The summed E-state index contributed by atoms with van der Waals surface area (Å²) in [5, 5.41) is 3.97. The van der Waals surface area contributed by atoms with Crippen molar-refractivity contribution < 1.29 is 4.74 Å². The van der Waals surface area contributed by atoms with Crippen LogP contribution < -0.4 is 10.1 Å². The van der Waals surface area contributed by atoms with Crippen LogP contribution in [0.25, 0.3) is 0 Å². The predicted molar refractivity (Wildman–Crippen MR) is 95.8 cm³/mol. The minimum Gasteiger partial charge on any atom is -0.495 e. The van der Waals surface area contributed by atoms with Gasteiger partial charge in [-0.25, -0.2) is 0 Å². The highest BCUT2D eigenvalue weighted by Crippen LogP contribution is 2.33. The zero-order valence-electron chi connectivity index (χ0n) is 11.1. The molecule has 1 atom stereocenters. The van der Waals surface area contributed by atoms with Crippen molar-refractivity contribution in [3.8, 4) is 5.75 Å². The fraction of sp³-hybridized carbons (Fsp3) is 0.200. The summed E-state index contributed by atoms with van der Waals surface area (Å²) in [7, 11) is 3.57. The largest absolute Gasteiger partial charge is 0.495 e. The molecular weight excluding hydrogens is 452 g/mol. The van der Waals surface area contributed by atoms with Crippen molar-refractivity contribution in [1.29, 1.82) is 0 Å². The van der Waals surface area contributed by atoms with Crippen molar-refractivity contribution in [2.45, 2.75) is 6.04 Å². The van der Waals surface area contributed by atoms with E-state index in [0.29, 0.717) is 10.8 Å². The number of benzene rings is 2. The SMILES string of the molecule is CNC(c1ccc(Cl)c(OC)c1)c1cc(Br)ccc1I. The van der Waals surface area contributed by atoms with Crippen LogP contribution in [-0.4, -0.2) is 14.2 Å². The number of halogens is 3. The fourth-order valence-corrected chi connectivity index (χ4v) is 3.31. The molecule has 0 radical (unpaired) electrons. The van der Waals surface area contributed by atoms with Crippen molar-refractivity contribution in [3.05, 3.63) is 60.6 Å². The summed E-state index contributed by atoms with van der Waals surface area (Å²) in [6.07, 6.45) is 0. The number of rotatable bonds is 4. The Morgan fingerprint density at radius 2 is 2.00 bits per heavy atom. The Bertz CT molecular complexity index is 621. The Labute approximate surface area is 146 Å². The molecule has 2 nitrogen and oxygen atoms in total. The van der Waals surface area contributed by atoms with Crippen molar-refractivity contribution in [2.75, 3.05) is 14.2 Å². The highest BCUT2D eigenvalue weighted by molar-refractivity contribution is 14.1. The molecule has 0 aliphatic carbocycles. The van der Waals surface area contributed by atoms with Crippen LogP contribution in [0.5, 0.6) is 5.75 Å².